The molecular formula is C12H16O3. The van der Waals surface area contributed by atoms with E-state index >= 15 is 0 Å². The van der Waals surface area contributed by atoms with Crippen LogP contribution in [0.4, 0.5) is 0 Å². The highest BCUT2D eigenvalue weighted by Gasteiger charge is 2.42. The Hall–Kier alpha value is -1.06. The van der Waals surface area contributed by atoms with Crippen LogP contribution in [0.5, 0.6) is 5.75 Å². The summed E-state index contributed by atoms with van der Waals surface area (Å²) in [6, 6.07) is 8.05. The van der Waals surface area contributed by atoms with Gasteiger partial charge in [0.05, 0.1) is 6.61 Å². The summed E-state index contributed by atoms with van der Waals surface area (Å²) < 4.78 is 15.8. The number of ether oxygens (including phenoxy) is 3. The molecule has 0 aromatic heterocycles. The van der Waals surface area contributed by atoms with Gasteiger partial charge in [-0.1, -0.05) is 12.1 Å². The van der Waals surface area contributed by atoms with Gasteiger partial charge in [0.15, 0.2) is 0 Å². The molecule has 0 amide bonds. The molecule has 1 fully saturated rings. The summed E-state index contributed by atoms with van der Waals surface area (Å²) in [5, 5.41) is 0. The van der Waals surface area contributed by atoms with E-state index in [0.717, 1.165) is 18.8 Å². The van der Waals surface area contributed by atoms with E-state index in [9.17, 15) is 0 Å². The Bertz CT molecular complexity index is 314. The number of methoxy groups -OCH3 is 1. The molecule has 0 spiro atoms. The predicted octanol–water partition coefficient (Wildman–Crippen LogP) is 2.00. The lowest BCUT2D eigenvalue weighted by Gasteiger charge is -2.09. The molecule has 1 saturated heterocycles. The summed E-state index contributed by atoms with van der Waals surface area (Å²) in [6.45, 7) is 3.37. The second-order valence-corrected chi connectivity index (χ2v) is 3.91. The fraction of sp³-hybridized carbons (Fsp3) is 0.500. The van der Waals surface area contributed by atoms with Crippen molar-refractivity contribution in [3.05, 3.63) is 29.8 Å². The maximum Gasteiger partial charge on any atom is 0.231 e. The smallest absolute Gasteiger partial charge is 0.231 e. The van der Waals surface area contributed by atoms with Gasteiger partial charge >= 0.3 is 0 Å². The molecule has 0 bridgehead atoms. The molecule has 3 heteroatoms. The number of hydrogen-bond donors (Lipinski definition) is 0. The van der Waals surface area contributed by atoms with Gasteiger partial charge in [0.25, 0.3) is 0 Å². The highest BCUT2D eigenvalue weighted by Crippen LogP contribution is 2.29. The molecule has 1 atom stereocenters. The fourth-order valence-electron chi connectivity index (χ4n) is 1.35. The van der Waals surface area contributed by atoms with Crippen LogP contribution >= 0.6 is 0 Å². The Balaban J connectivity index is 1.91. The molecule has 0 saturated carbocycles. The van der Waals surface area contributed by atoms with Crippen molar-refractivity contribution in [1.29, 1.82) is 0 Å². The third kappa shape index (κ3) is 2.94. The normalized spacial score (nSPS) is 23.9. The summed E-state index contributed by atoms with van der Waals surface area (Å²) in [6.07, 6.45) is 0.935. The minimum atomic E-state index is -0.381. The first-order valence-electron chi connectivity index (χ1n) is 5.13. The average molecular weight is 208 g/mol. The lowest BCUT2D eigenvalue weighted by Crippen LogP contribution is -2.14. The van der Waals surface area contributed by atoms with Crippen LogP contribution in [0.25, 0.3) is 0 Å². The van der Waals surface area contributed by atoms with Crippen molar-refractivity contribution in [2.24, 2.45) is 0 Å². The summed E-state index contributed by atoms with van der Waals surface area (Å²) in [4.78, 5) is 0. The zero-order valence-corrected chi connectivity index (χ0v) is 9.16. The average Bonchev–Trinajstić information content (AvgIpc) is 2.95. The summed E-state index contributed by atoms with van der Waals surface area (Å²) in [7, 11) is 1.71. The van der Waals surface area contributed by atoms with Crippen LogP contribution in [0.2, 0.25) is 0 Å². The number of hydrogen-bond acceptors (Lipinski definition) is 3. The van der Waals surface area contributed by atoms with Gasteiger partial charge in [-0.15, -0.1) is 0 Å². The van der Waals surface area contributed by atoms with Crippen LogP contribution in [0.1, 0.15) is 12.5 Å². The standard InChI is InChI=1S/C12H16O3/c1-12(9-14-12)15-11-5-3-10(4-6-11)7-8-13-2/h3-6H,7-9H2,1-2H3. The fourth-order valence-corrected chi connectivity index (χ4v) is 1.35. The molecule has 1 aliphatic rings. The quantitative estimate of drug-likeness (QED) is 0.693. The predicted molar refractivity (Wildman–Crippen MR) is 57.0 cm³/mol. The SMILES string of the molecule is COCCc1ccc(OC2(C)CO2)cc1. The third-order valence-corrected chi connectivity index (χ3v) is 2.40. The Labute approximate surface area is 90.0 Å². The Morgan fingerprint density at radius 3 is 2.53 bits per heavy atom. The van der Waals surface area contributed by atoms with Crippen molar-refractivity contribution in [2.75, 3.05) is 20.3 Å². The van der Waals surface area contributed by atoms with Crippen molar-refractivity contribution in [3.63, 3.8) is 0 Å². The maximum atomic E-state index is 5.62. The molecule has 0 aliphatic carbocycles. The highest BCUT2D eigenvalue weighted by atomic mass is 16.8. The van der Waals surface area contributed by atoms with Crippen molar-refractivity contribution < 1.29 is 14.2 Å². The Kier molecular flexibility index (Phi) is 2.93. The van der Waals surface area contributed by atoms with Crippen LogP contribution in [0.3, 0.4) is 0 Å². The number of rotatable bonds is 5. The summed E-state index contributed by atoms with van der Waals surface area (Å²) >= 11 is 0. The van der Waals surface area contributed by atoms with Gasteiger partial charge in [0.2, 0.25) is 5.79 Å². The van der Waals surface area contributed by atoms with Crippen molar-refractivity contribution >= 4 is 0 Å². The number of benzene rings is 1. The lowest BCUT2D eigenvalue weighted by atomic mass is 10.1. The molecule has 1 aliphatic heterocycles. The topological polar surface area (TPSA) is 31.0 Å². The molecule has 2 rings (SSSR count). The van der Waals surface area contributed by atoms with Gasteiger partial charge in [-0.2, -0.15) is 0 Å². The minimum Gasteiger partial charge on any atom is -0.460 e. The van der Waals surface area contributed by atoms with E-state index in [0.29, 0.717) is 6.61 Å². The zero-order chi connectivity index (χ0) is 10.7. The molecule has 1 aromatic carbocycles. The van der Waals surface area contributed by atoms with Gasteiger partial charge in [-0.3, -0.25) is 0 Å². The molecule has 15 heavy (non-hydrogen) atoms. The zero-order valence-electron chi connectivity index (χ0n) is 9.16. The van der Waals surface area contributed by atoms with Crippen LogP contribution in [0.15, 0.2) is 24.3 Å². The molecule has 1 unspecified atom stereocenters. The third-order valence-electron chi connectivity index (χ3n) is 2.40. The second kappa shape index (κ2) is 4.21. The van der Waals surface area contributed by atoms with E-state index in [1.54, 1.807) is 7.11 Å². The molecule has 1 heterocycles. The highest BCUT2D eigenvalue weighted by molar-refractivity contribution is 5.28. The molecule has 0 N–H and O–H groups in total. The van der Waals surface area contributed by atoms with E-state index in [-0.39, 0.29) is 5.79 Å². The van der Waals surface area contributed by atoms with Crippen molar-refractivity contribution in [2.45, 2.75) is 19.1 Å². The van der Waals surface area contributed by atoms with Crippen LogP contribution < -0.4 is 4.74 Å². The van der Waals surface area contributed by atoms with Crippen LogP contribution in [-0.4, -0.2) is 26.1 Å². The minimum absolute atomic E-state index is 0.381. The van der Waals surface area contributed by atoms with Crippen LogP contribution in [0, 0.1) is 0 Å². The molecule has 82 valence electrons. The van der Waals surface area contributed by atoms with E-state index in [2.05, 4.69) is 12.1 Å². The first kappa shape index (κ1) is 10.5. The van der Waals surface area contributed by atoms with Crippen molar-refractivity contribution in [3.8, 4) is 5.75 Å². The first-order chi connectivity index (χ1) is 7.22. The Morgan fingerprint density at radius 1 is 1.33 bits per heavy atom. The molecule has 0 radical (unpaired) electrons. The van der Waals surface area contributed by atoms with Gasteiger partial charge < -0.3 is 14.2 Å². The van der Waals surface area contributed by atoms with Gasteiger partial charge in [-0.25, -0.2) is 0 Å². The molecule has 3 nitrogen and oxygen atoms in total. The van der Waals surface area contributed by atoms with Crippen LogP contribution in [-0.2, 0) is 15.9 Å². The van der Waals surface area contributed by atoms with E-state index in [1.165, 1.54) is 5.56 Å². The second-order valence-electron chi connectivity index (χ2n) is 3.91. The van der Waals surface area contributed by atoms with E-state index < -0.39 is 0 Å². The summed E-state index contributed by atoms with van der Waals surface area (Å²) in [5.41, 5.74) is 1.26. The number of epoxide rings is 1. The van der Waals surface area contributed by atoms with E-state index in [4.69, 9.17) is 14.2 Å². The largest absolute Gasteiger partial charge is 0.460 e. The van der Waals surface area contributed by atoms with E-state index in [1.807, 2.05) is 19.1 Å². The van der Waals surface area contributed by atoms with Gasteiger partial charge in [0, 0.05) is 14.0 Å². The Morgan fingerprint density at radius 2 is 2.00 bits per heavy atom. The van der Waals surface area contributed by atoms with Crippen molar-refractivity contribution in [1.82, 2.24) is 0 Å². The maximum absolute atomic E-state index is 5.62. The molecule has 1 aromatic rings. The monoisotopic (exact) mass is 208 g/mol. The summed E-state index contributed by atoms with van der Waals surface area (Å²) in [5.74, 6) is 0.477. The lowest BCUT2D eigenvalue weighted by molar-refractivity contribution is 0.0802. The molecular weight excluding hydrogens is 192 g/mol. The van der Waals surface area contributed by atoms with Gasteiger partial charge in [-0.05, 0) is 24.1 Å². The van der Waals surface area contributed by atoms with Gasteiger partial charge in [0.1, 0.15) is 12.4 Å². The first-order valence-corrected chi connectivity index (χ1v) is 5.13.